The molecule has 1 amide bonds. The second-order valence-electron chi connectivity index (χ2n) is 8.79. The molecule has 3 aromatic rings. The van der Waals surface area contributed by atoms with Crippen LogP contribution < -0.4 is 10.9 Å². The molecule has 168 valence electrons. The summed E-state index contributed by atoms with van der Waals surface area (Å²) in [4.78, 5) is 34.0. The number of aryl methyl sites for hydroxylation is 2. The first kappa shape index (κ1) is 21.7. The van der Waals surface area contributed by atoms with Gasteiger partial charge >= 0.3 is 0 Å². The fourth-order valence-electron chi connectivity index (χ4n) is 4.38. The molecule has 0 saturated heterocycles. The van der Waals surface area contributed by atoms with Gasteiger partial charge in [-0.2, -0.15) is 0 Å². The van der Waals surface area contributed by atoms with Gasteiger partial charge in [-0.05, 0) is 49.7 Å². The predicted octanol–water partition coefficient (Wildman–Crippen LogP) is 5.25. The van der Waals surface area contributed by atoms with Gasteiger partial charge in [-0.1, -0.05) is 61.9 Å². The Morgan fingerprint density at radius 1 is 1.25 bits per heavy atom. The van der Waals surface area contributed by atoms with Gasteiger partial charge in [0.15, 0.2) is 5.16 Å². The summed E-state index contributed by atoms with van der Waals surface area (Å²) in [6.45, 7) is 2.81. The number of rotatable bonds is 9. The Kier molecular flexibility index (Phi) is 6.37. The predicted molar refractivity (Wildman–Crippen MR) is 132 cm³/mol. The van der Waals surface area contributed by atoms with Gasteiger partial charge in [0, 0.05) is 17.5 Å². The van der Waals surface area contributed by atoms with Gasteiger partial charge in [-0.15, -0.1) is 11.3 Å². The molecule has 5 nitrogen and oxygen atoms in total. The smallest absolute Gasteiger partial charge is 0.263 e. The van der Waals surface area contributed by atoms with Gasteiger partial charge in [0.05, 0.1) is 5.39 Å². The maximum absolute atomic E-state index is 13.7. The fraction of sp³-hybridized carbons (Fsp3) is 0.480. The van der Waals surface area contributed by atoms with Gasteiger partial charge in [0.2, 0.25) is 5.91 Å². The number of amides is 1. The Bertz CT molecular complexity index is 1180. The maximum atomic E-state index is 13.7. The molecule has 1 saturated carbocycles. The van der Waals surface area contributed by atoms with Crippen molar-refractivity contribution in [3.8, 4) is 0 Å². The summed E-state index contributed by atoms with van der Waals surface area (Å²) >= 11 is 3.09. The third kappa shape index (κ3) is 4.37. The summed E-state index contributed by atoms with van der Waals surface area (Å²) in [5, 5.41) is 4.22. The van der Waals surface area contributed by atoms with Gasteiger partial charge < -0.3 is 5.32 Å². The monoisotopic (exact) mass is 467 g/mol. The molecular formula is C25H29N3O2S2. The van der Waals surface area contributed by atoms with Crippen LogP contribution in [0.2, 0.25) is 0 Å². The van der Waals surface area contributed by atoms with Crippen LogP contribution in [-0.4, -0.2) is 21.5 Å². The highest BCUT2D eigenvalue weighted by Crippen LogP contribution is 2.39. The van der Waals surface area contributed by atoms with Crippen LogP contribution in [0.5, 0.6) is 0 Å². The summed E-state index contributed by atoms with van der Waals surface area (Å²) in [6, 6.07) is 10.1. The fourth-order valence-corrected chi connectivity index (χ4v) is 6.81. The Morgan fingerprint density at radius 3 is 2.81 bits per heavy atom. The molecule has 0 radical (unpaired) electrons. The lowest BCUT2D eigenvalue weighted by Gasteiger charge is -2.19. The van der Waals surface area contributed by atoms with E-state index >= 15 is 0 Å². The van der Waals surface area contributed by atoms with E-state index in [0.29, 0.717) is 11.7 Å². The van der Waals surface area contributed by atoms with Crippen molar-refractivity contribution in [3.63, 3.8) is 0 Å². The number of unbranched alkanes of at least 4 members (excludes halogenated alkanes) is 2. The Labute approximate surface area is 196 Å². The highest BCUT2D eigenvalue weighted by Gasteiger charge is 2.31. The number of thioether (sulfide) groups is 1. The highest BCUT2D eigenvalue weighted by atomic mass is 32.2. The van der Waals surface area contributed by atoms with Crippen LogP contribution in [0, 0.1) is 0 Å². The van der Waals surface area contributed by atoms with E-state index in [-0.39, 0.29) is 17.5 Å². The average molecular weight is 468 g/mol. The van der Waals surface area contributed by atoms with E-state index in [4.69, 9.17) is 4.98 Å². The Morgan fingerprint density at radius 2 is 2.06 bits per heavy atom. The van der Waals surface area contributed by atoms with Crippen molar-refractivity contribution in [1.82, 2.24) is 14.9 Å². The lowest BCUT2D eigenvalue weighted by molar-refractivity contribution is -0.120. The maximum Gasteiger partial charge on any atom is 0.263 e. The summed E-state index contributed by atoms with van der Waals surface area (Å²) in [7, 11) is 0. The van der Waals surface area contributed by atoms with Crippen LogP contribution >= 0.6 is 23.1 Å². The quantitative estimate of drug-likeness (QED) is 0.265. The molecule has 32 heavy (non-hydrogen) atoms. The second-order valence-corrected chi connectivity index (χ2v) is 10.9. The number of fused-ring (bicyclic) bond motifs is 3. The molecule has 1 N–H and O–H groups in total. The van der Waals surface area contributed by atoms with Crippen LogP contribution in [0.4, 0.5) is 0 Å². The third-order valence-electron chi connectivity index (χ3n) is 6.26. The number of hydrogen-bond donors (Lipinski definition) is 1. The normalized spacial score (nSPS) is 16.3. The van der Waals surface area contributed by atoms with Crippen molar-refractivity contribution in [2.24, 2.45) is 0 Å². The summed E-state index contributed by atoms with van der Waals surface area (Å²) < 4.78 is 1.84. The molecule has 1 fully saturated rings. The van der Waals surface area contributed by atoms with Gasteiger partial charge in [0.25, 0.3) is 5.56 Å². The lowest BCUT2D eigenvalue weighted by Crippen LogP contribution is -2.31. The number of nitrogens with zero attached hydrogens (tertiary/aromatic N) is 2. The molecular weight excluding hydrogens is 438 g/mol. The molecule has 2 aliphatic carbocycles. The zero-order chi connectivity index (χ0) is 22.1. The number of carbonyl (C=O) groups excluding carboxylic acids is 1. The third-order valence-corrected chi connectivity index (χ3v) is 8.69. The van der Waals surface area contributed by atoms with Gasteiger partial charge in [0.1, 0.15) is 10.1 Å². The molecule has 0 bridgehead atoms. The number of aromatic nitrogens is 2. The first-order valence-corrected chi connectivity index (χ1v) is 13.4. The SMILES string of the molecule is CCCCCn1c(SC(C(=O)NC2CC2)c2ccccc2)nc2sc3c(c2c1=O)CCC3. The van der Waals surface area contributed by atoms with Crippen molar-refractivity contribution >= 4 is 39.2 Å². The molecule has 2 heterocycles. The lowest BCUT2D eigenvalue weighted by atomic mass is 10.1. The number of thiophene rings is 1. The van der Waals surface area contributed by atoms with Gasteiger partial charge in [-0.3, -0.25) is 14.2 Å². The van der Waals surface area contributed by atoms with Crippen molar-refractivity contribution in [3.05, 3.63) is 56.7 Å². The minimum Gasteiger partial charge on any atom is -0.352 e. The molecule has 1 aromatic carbocycles. The molecule has 0 spiro atoms. The van der Waals surface area contributed by atoms with E-state index in [2.05, 4.69) is 12.2 Å². The molecule has 2 aliphatic rings. The molecule has 1 atom stereocenters. The standard InChI is InChI=1S/C25H29N3O2S2/c1-2-3-7-15-28-24(30)20-18-11-8-12-19(18)31-23(20)27-25(28)32-21(16-9-5-4-6-10-16)22(29)26-17-13-14-17/h4-6,9-10,17,21H,2-3,7-8,11-15H2,1H3,(H,26,29). The van der Waals surface area contributed by atoms with E-state index in [1.165, 1.54) is 22.2 Å². The molecule has 7 heteroatoms. The van der Waals surface area contributed by atoms with Gasteiger partial charge in [-0.25, -0.2) is 4.98 Å². The topological polar surface area (TPSA) is 64.0 Å². The zero-order valence-electron chi connectivity index (χ0n) is 18.4. The summed E-state index contributed by atoms with van der Waals surface area (Å²) in [5.74, 6) is 0.00632. The van der Waals surface area contributed by atoms with E-state index < -0.39 is 5.25 Å². The molecule has 0 aliphatic heterocycles. The van der Waals surface area contributed by atoms with Crippen LogP contribution in [0.25, 0.3) is 10.2 Å². The number of benzene rings is 1. The molecule has 1 unspecified atom stereocenters. The highest BCUT2D eigenvalue weighted by molar-refractivity contribution is 8.00. The number of carbonyl (C=O) groups is 1. The average Bonchev–Trinajstić information content (AvgIpc) is 3.37. The van der Waals surface area contributed by atoms with E-state index in [9.17, 15) is 9.59 Å². The molecule has 2 aromatic heterocycles. The van der Waals surface area contributed by atoms with E-state index in [1.54, 1.807) is 11.3 Å². The Hall–Kier alpha value is -2.12. The van der Waals surface area contributed by atoms with Crippen LogP contribution in [0.3, 0.4) is 0 Å². The van der Waals surface area contributed by atoms with Crippen LogP contribution in [0.15, 0.2) is 40.3 Å². The minimum absolute atomic E-state index is 0.00632. The van der Waals surface area contributed by atoms with Crippen molar-refractivity contribution < 1.29 is 4.79 Å². The van der Waals surface area contributed by atoms with Crippen molar-refractivity contribution in [1.29, 1.82) is 0 Å². The van der Waals surface area contributed by atoms with Crippen LogP contribution in [0.1, 0.15) is 66.7 Å². The number of nitrogens with one attached hydrogen (secondary N) is 1. The number of hydrogen-bond acceptors (Lipinski definition) is 5. The van der Waals surface area contributed by atoms with E-state index in [0.717, 1.165) is 67.1 Å². The van der Waals surface area contributed by atoms with Crippen LogP contribution in [-0.2, 0) is 24.2 Å². The summed E-state index contributed by atoms with van der Waals surface area (Å²) in [5.41, 5.74) is 2.23. The Balaban J connectivity index is 1.56. The summed E-state index contributed by atoms with van der Waals surface area (Å²) in [6.07, 6.45) is 8.34. The first-order chi connectivity index (χ1) is 15.7. The first-order valence-electron chi connectivity index (χ1n) is 11.7. The zero-order valence-corrected chi connectivity index (χ0v) is 20.1. The second kappa shape index (κ2) is 9.40. The largest absolute Gasteiger partial charge is 0.352 e. The van der Waals surface area contributed by atoms with Crippen molar-refractivity contribution in [2.45, 2.75) is 81.3 Å². The molecule has 5 rings (SSSR count). The minimum atomic E-state index is -0.426. The van der Waals surface area contributed by atoms with E-state index in [1.807, 2.05) is 34.9 Å². The van der Waals surface area contributed by atoms with Crippen molar-refractivity contribution in [2.75, 3.05) is 0 Å².